The van der Waals surface area contributed by atoms with Gasteiger partial charge >= 0.3 is 5.97 Å². The number of hydrogen-bond donors (Lipinski definition) is 7. The van der Waals surface area contributed by atoms with Crippen molar-refractivity contribution in [3.63, 3.8) is 0 Å². The Morgan fingerprint density at radius 1 is 0.700 bits per heavy atom. The van der Waals surface area contributed by atoms with Gasteiger partial charge in [0.2, 0.25) is 41.4 Å². The number of carbonyl (C=O) groups excluding carboxylic acids is 7. The van der Waals surface area contributed by atoms with E-state index in [0.717, 1.165) is 13.0 Å². The topological polar surface area (TPSA) is 247 Å². The van der Waals surface area contributed by atoms with Crippen molar-refractivity contribution in [1.82, 2.24) is 41.3 Å². The number of likely N-dealkylation sites (tertiary alicyclic amines) is 3. The Morgan fingerprint density at radius 3 is 1.90 bits per heavy atom. The molecule has 18 nitrogen and oxygen atoms in total. The number of amides is 7. The van der Waals surface area contributed by atoms with E-state index >= 15 is 0 Å². The Bertz CT molecular complexity index is 1340. The highest BCUT2D eigenvalue weighted by Crippen LogP contribution is 2.26. The first kappa shape index (κ1) is 38.5. The number of rotatable bonds is 13. The van der Waals surface area contributed by atoms with Crippen molar-refractivity contribution < 1.29 is 48.6 Å². The van der Waals surface area contributed by atoms with Crippen LogP contribution in [0.4, 0.5) is 0 Å². The molecule has 4 heterocycles. The average Bonchev–Trinajstić information content (AvgIpc) is 3.91. The van der Waals surface area contributed by atoms with Crippen molar-refractivity contribution in [2.75, 3.05) is 32.7 Å². The SMILES string of the molecule is C[C@H](NC(=O)[C@@H]1CCCN1C(=O)[C@@H]1CCCN1)C(=O)NCC(=O)N[C@H](C(=O)N[C@@H](C)C(=O)N1CCC[C@H]1C(=O)N1CCC[C@H]1C(=O)O)[C@@H](C)O. The number of nitrogens with one attached hydrogen (secondary N) is 5. The van der Waals surface area contributed by atoms with Crippen LogP contribution in [-0.4, -0.2) is 153 Å². The van der Waals surface area contributed by atoms with Crippen LogP contribution in [0.1, 0.15) is 72.1 Å². The van der Waals surface area contributed by atoms with Crippen LogP contribution in [0.3, 0.4) is 0 Å². The fourth-order valence-electron chi connectivity index (χ4n) is 7.10. The summed E-state index contributed by atoms with van der Waals surface area (Å²) in [5, 5.41) is 32.7. The third-order valence-corrected chi connectivity index (χ3v) is 9.82. The van der Waals surface area contributed by atoms with E-state index in [4.69, 9.17) is 0 Å². The number of carboxylic acid groups (broad SMARTS) is 1. The van der Waals surface area contributed by atoms with Crippen LogP contribution >= 0.6 is 0 Å². The van der Waals surface area contributed by atoms with E-state index in [-0.39, 0.29) is 25.0 Å². The maximum Gasteiger partial charge on any atom is 0.326 e. The highest BCUT2D eigenvalue weighted by Gasteiger charge is 2.43. The number of aliphatic hydroxyl groups is 1. The predicted octanol–water partition coefficient (Wildman–Crippen LogP) is -3.21. The van der Waals surface area contributed by atoms with E-state index < -0.39 is 90.3 Å². The summed E-state index contributed by atoms with van der Waals surface area (Å²) in [5.74, 6) is -5.10. The molecular weight excluding hydrogens is 656 g/mol. The summed E-state index contributed by atoms with van der Waals surface area (Å²) >= 11 is 0. The third kappa shape index (κ3) is 9.07. The molecule has 4 rings (SSSR count). The van der Waals surface area contributed by atoms with E-state index in [1.165, 1.54) is 30.6 Å². The second-order valence-electron chi connectivity index (χ2n) is 13.5. The van der Waals surface area contributed by atoms with Crippen LogP contribution < -0.4 is 26.6 Å². The summed E-state index contributed by atoms with van der Waals surface area (Å²) in [7, 11) is 0. The van der Waals surface area contributed by atoms with Gasteiger partial charge in [-0.25, -0.2) is 4.79 Å². The number of carbonyl (C=O) groups is 8. The fourth-order valence-corrected chi connectivity index (χ4v) is 7.10. The van der Waals surface area contributed by atoms with Crippen LogP contribution in [-0.2, 0) is 38.4 Å². The Balaban J connectivity index is 1.24. The molecule has 0 saturated carbocycles. The maximum atomic E-state index is 13.3. The normalized spacial score (nSPS) is 25.7. The van der Waals surface area contributed by atoms with Crippen molar-refractivity contribution in [3.8, 4) is 0 Å². The number of aliphatic carboxylic acids is 1. The minimum atomic E-state index is -1.50. The zero-order valence-corrected chi connectivity index (χ0v) is 28.8. The maximum absolute atomic E-state index is 13.3. The van der Waals surface area contributed by atoms with Crippen molar-refractivity contribution in [2.45, 2.75) is 121 Å². The first-order chi connectivity index (χ1) is 23.7. The molecule has 4 saturated heterocycles. The summed E-state index contributed by atoms with van der Waals surface area (Å²) in [5.41, 5.74) is 0. The molecule has 18 heteroatoms. The lowest BCUT2D eigenvalue weighted by Gasteiger charge is -2.32. The molecule has 0 bridgehead atoms. The molecule has 0 unspecified atom stereocenters. The van der Waals surface area contributed by atoms with E-state index in [1.807, 2.05) is 0 Å². The van der Waals surface area contributed by atoms with E-state index in [9.17, 15) is 48.6 Å². The Morgan fingerprint density at radius 2 is 1.30 bits per heavy atom. The number of nitrogens with zero attached hydrogens (tertiary/aromatic N) is 3. The quantitative estimate of drug-likeness (QED) is 0.100. The van der Waals surface area contributed by atoms with Gasteiger partial charge in [0.15, 0.2) is 0 Å². The van der Waals surface area contributed by atoms with Gasteiger partial charge in [0.25, 0.3) is 0 Å². The summed E-state index contributed by atoms with van der Waals surface area (Å²) in [6.45, 7) is 5.23. The van der Waals surface area contributed by atoms with Gasteiger partial charge in [-0.3, -0.25) is 33.6 Å². The molecule has 0 aromatic heterocycles. The highest BCUT2D eigenvalue weighted by molar-refractivity contribution is 5.97. The molecule has 0 aliphatic carbocycles. The van der Waals surface area contributed by atoms with Crippen LogP contribution in [0.2, 0.25) is 0 Å². The standard InChI is InChI=1S/C32H50N8O10/c1-17(35-27(44)21-9-5-13-38(21)30(47)20-8-4-12-33-20)26(43)34-16-24(42)37-25(19(3)41)28(45)36-18(2)29(46)39-14-6-10-22(39)31(48)40-15-7-11-23(40)32(49)50/h17-23,25,33,41H,4-16H2,1-3H3,(H,34,43)(H,35,44)(H,36,45)(H,37,42)(H,49,50)/t17-,18-,19+,20-,21-,22-,23-,25-/m0/s1. The van der Waals surface area contributed by atoms with Crippen molar-refractivity contribution in [1.29, 1.82) is 0 Å². The van der Waals surface area contributed by atoms with Crippen LogP contribution in [0.5, 0.6) is 0 Å². The Kier molecular flexibility index (Phi) is 13.1. The highest BCUT2D eigenvalue weighted by atomic mass is 16.4. The summed E-state index contributed by atoms with van der Waals surface area (Å²) in [6, 6.07) is -6.51. The molecule has 50 heavy (non-hydrogen) atoms. The lowest BCUT2D eigenvalue weighted by atomic mass is 10.1. The smallest absolute Gasteiger partial charge is 0.326 e. The predicted molar refractivity (Wildman–Crippen MR) is 175 cm³/mol. The molecule has 4 aliphatic rings. The van der Waals surface area contributed by atoms with Gasteiger partial charge < -0.3 is 51.5 Å². The number of aliphatic hydroxyl groups excluding tert-OH is 1. The molecule has 0 spiro atoms. The lowest BCUT2D eigenvalue weighted by molar-refractivity contribution is -0.152. The van der Waals surface area contributed by atoms with Crippen LogP contribution in [0.25, 0.3) is 0 Å². The van der Waals surface area contributed by atoms with Crippen molar-refractivity contribution >= 4 is 47.3 Å². The Hall–Kier alpha value is -4.32. The van der Waals surface area contributed by atoms with Gasteiger partial charge in [-0.05, 0) is 78.7 Å². The molecular formula is C32H50N8O10. The summed E-state index contributed by atoms with van der Waals surface area (Å²) < 4.78 is 0. The van der Waals surface area contributed by atoms with E-state index in [2.05, 4.69) is 26.6 Å². The van der Waals surface area contributed by atoms with Crippen LogP contribution in [0.15, 0.2) is 0 Å². The Labute approximate surface area is 290 Å². The molecule has 4 aliphatic heterocycles. The first-order valence-electron chi connectivity index (χ1n) is 17.4. The summed E-state index contributed by atoms with van der Waals surface area (Å²) in [6.07, 6.45) is 3.08. The fraction of sp³-hybridized carbons (Fsp3) is 0.750. The van der Waals surface area contributed by atoms with Gasteiger partial charge in [0, 0.05) is 19.6 Å². The molecule has 7 amide bonds. The molecule has 4 fully saturated rings. The van der Waals surface area contributed by atoms with Gasteiger partial charge in [-0.15, -0.1) is 0 Å². The van der Waals surface area contributed by atoms with Gasteiger partial charge in [0.1, 0.15) is 36.3 Å². The summed E-state index contributed by atoms with van der Waals surface area (Å²) in [4.78, 5) is 107. The average molecular weight is 707 g/mol. The molecule has 0 aromatic carbocycles. The number of carboxylic acids is 1. The largest absolute Gasteiger partial charge is 0.480 e. The van der Waals surface area contributed by atoms with Crippen molar-refractivity contribution in [3.05, 3.63) is 0 Å². The molecule has 7 N–H and O–H groups in total. The number of hydrogen-bond acceptors (Lipinski definition) is 10. The molecule has 8 atom stereocenters. The van der Waals surface area contributed by atoms with E-state index in [1.54, 1.807) is 4.90 Å². The zero-order chi connectivity index (χ0) is 36.7. The van der Waals surface area contributed by atoms with Gasteiger partial charge in [-0.1, -0.05) is 0 Å². The van der Waals surface area contributed by atoms with Crippen LogP contribution in [0, 0.1) is 0 Å². The molecule has 0 aromatic rings. The second kappa shape index (κ2) is 17.1. The molecule has 0 radical (unpaired) electrons. The van der Waals surface area contributed by atoms with Crippen molar-refractivity contribution in [2.24, 2.45) is 0 Å². The minimum absolute atomic E-state index is 0.132. The third-order valence-electron chi connectivity index (χ3n) is 9.82. The van der Waals surface area contributed by atoms with E-state index in [0.29, 0.717) is 51.5 Å². The minimum Gasteiger partial charge on any atom is -0.480 e. The first-order valence-corrected chi connectivity index (χ1v) is 17.4. The van der Waals surface area contributed by atoms with Gasteiger partial charge in [0.05, 0.1) is 18.7 Å². The zero-order valence-electron chi connectivity index (χ0n) is 28.8. The lowest BCUT2D eigenvalue weighted by Crippen LogP contribution is -2.59. The molecule has 278 valence electrons. The monoisotopic (exact) mass is 706 g/mol. The second-order valence-corrected chi connectivity index (χ2v) is 13.5. The van der Waals surface area contributed by atoms with Gasteiger partial charge in [-0.2, -0.15) is 0 Å².